The van der Waals surface area contributed by atoms with E-state index in [1.165, 1.54) is 11.1 Å². The van der Waals surface area contributed by atoms with Crippen molar-refractivity contribution < 1.29 is 9.26 Å². The number of morpholine rings is 1. The van der Waals surface area contributed by atoms with Crippen LogP contribution in [-0.4, -0.2) is 48.9 Å². The highest BCUT2D eigenvalue weighted by Crippen LogP contribution is 2.22. The molecule has 178 valence electrons. The van der Waals surface area contributed by atoms with Crippen LogP contribution in [0.15, 0.2) is 39.8 Å². The van der Waals surface area contributed by atoms with Crippen molar-refractivity contribution in [3.8, 4) is 0 Å². The second kappa shape index (κ2) is 14.5. The fraction of sp³-hybridized carbons (Fsp3) is 0.583. The van der Waals surface area contributed by atoms with Gasteiger partial charge in [-0.25, -0.2) is 4.99 Å². The smallest absolute Gasteiger partial charge is 0.191 e. The van der Waals surface area contributed by atoms with Gasteiger partial charge in [-0.1, -0.05) is 43.3 Å². The molecular formula is C24H38IN5O2. The zero-order valence-electron chi connectivity index (χ0n) is 19.6. The van der Waals surface area contributed by atoms with Crippen LogP contribution in [0.1, 0.15) is 62.1 Å². The summed E-state index contributed by atoms with van der Waals surface area (Å²) in [6.07, 6.45) is 2.15. The third-order valence-electron chi connectivity index (χ3n) is 5.78. The Bertz CT molecular complexity index is 816. The third-order valence-corrected chi connectivity index (χ3v) is 5.78. The van der Waals surface area contributed by atoms with Crippen LogP contribution in [0.5, 0.6) is 0 Å². The van der Waals surface area contributed by atoms with Gasteiger partial charge in [0.1, 0.15) is 0 Å². The predicted octanol–water partition coefficient (Wildman–Crippen LogP) is 4.28. The molecule has 7 nitrogen and oxygen atoms in total. The molecule has 2 N–H and O–H groups in total. The Labute approximate surface area is 209 Å². The molecule has 8 heteroatoms. The van der Waals surface area contributed by atoms with Gasteiger partial charge in [0, 0.05) is 38.2 Å². The first kappa shape index (κ1) is 26.6. The molecule has 0 radical (unpaired) electrons. The lowest BCUT2D eigenvalue weighted by Crippen LogP contribution is -2.37. The summed E-state index contributed by atoms with van der Waals surface area (Å²) in [6, 6.07) is 10.6. The number of hydrogen-bond donors (Lipinski definition) is 2. The number of hydrogen-bond acceptors (Lipinski definition) is 5. The number of aliphatic imine (C=N–C) groups is 1. The van der Waals surface area contributed by atoms with Gasteiger partial charge in [0.15, 0.2) is 11.7 Å². The molecule has 0 bridgehead atoms. The van der Waals surface area contributed by atoms with Gasteiger partial charge in [-0.05, 0) is 30.9 Å². The Morgan fingerprint density at radius 2 is 1.81 bits per heavy atom. The molecule has 1 aliphatic rings. The standard InChI is InChI=1S/C24H37N5O2.HI/c1-4-19(5-2)23-15-22(31-28-23)17-27-24(25-6-3)26-16-20-9-7-8-10-21(20)18-29-11-13-30-14-12-29;/h7-10,15,19H,4-6,11-14,16-18H2,1-3H3,(H2,25,26,27);1H. The number of ether oxygens (including phenoxy) is 1. The summed E-state index contributed by atoms with van der Waals surface area (Å²) in [6.45, 7) is 13.0. The topological polar surface area (TPSA) is 74.9 Å². The Morgan fingerprint density at radius 1 is 1.09 bits per heavy atom. The van der Waals surface area contributed by atoms with Gasteiger partial charge in [-0.3, -0.25) is 4.90 Å². The van der Waals surface area contributed by atoms with E-state index in [0.29, 0.717) is 19.0 Å². The molecule has 0 aliphatic carbocycles. The van der Waals surface area contributed by atoms with Crippen LogP contribution in [0, 0.1) is 0 Å². The van der Waals surface area contributed by atoms with Crippen LogP contribution in [0.4, 0.5) is 0 Å². The summed E-state index contributed by atoms with van der Waals surface area (Å²) in [7, 11) is 0. The summed E-state index contributed by atoms with van der Waals surface area (Å²) in [5.41, 5.74) is 3.62. The molecule has 1 aromatic carbocycles. The molecule has 0 amide bonds. The Balaban J connectivity index is 0.00000363. The minimum Gasteiger partial charge on any atom is -0.379 e. The molecule has 1 fully saturated rings. The van der Waals surface area contributed by atoms with Gasteiger partial charge >= 0.3 is 0 Å². The van der Waals surface area contributed by atoms with Crippen molar-refractivity contribution >= 4 is 29.9 Å². The molecule has 3 rings (SSSR count). The maximum atomic E-state index is 5.53. The minimum atomic E-state index is 0. The fourth-order valence-electron chi connectivity index (χ4n) is 3.85. The zero-order chi connectivity index (χ0) is 21.9. The van der Waals surface area contributed by atoms with Gasteiger partial charge in [0.2, 0.25) is 0 Å². The van der Waals surface area contributed by atoms with E-state index in [9.17, 15) is 0 Å². The summed E-state index contributed by atoms with van der Waals surface area (Å²) < 4.78 is 11.0. The predicted molar refractivity (Wildman–Crippen MR) is 139 cm³/mol. The summed E-state index contributed by atoms with van der Waals surface area (Å²) in [5, 5.41) is 11.0. The van der Waals surface area contributed by atoms with E-state index in [1.807, 2.05) is 0 Å². The van der Waals surface area contributed by atoms with Crippen LogP contribution < -0.4 is 10.6 Å². The monoisotopic (exact) mass is 555 g/mol. The van der Waals surface area contributed by atoms with Crippen molar-refractivity contribution in [3.05, 3.63) is 52.9 Å². The van der Waals surface area contributed by atoms with E-state index >= 15 is 0 Å². The lowest BCUT2D eigenvalue weighted by atomic mass is 9.99. The van der Waals surface area contributed by atoms with Gasteiger partial charge in [0.05, 0.1) is 32.0 Å². The van der Waals surface area contributed by atoms with Gasteiger partial charge in [0.25, 0.3) is 0 Å². The van der Waals surface area contributed by atoms with E-state index in [4.69, 9.17) is 14.3 Å². The number of benzene rings is 1. The molecule has 0 spiro atoms. The summed E-state index contributed by atoms with van der Waals surface area (Å²) in [5.74, 6) is 2.08. The summed E-state index contributed by atoms with van der Waals surface area (Å²) in [4.78, 5) is 7.26. The average molecular weight is 556 g/mol. The zero-order valence-corrected chi connectivity index (χ0v) is 21.9. The molecule has 1 aromatic heterocycles. The molecule has 2 aromatic rings. The third kappa shape index (κ3) is 8.04. The number of nitrogens with zero attached hydrogens (tertiary/aromatic N) is 3. The lowest BCUT2D eigenvalue weighted by molar-refractivity contribution is 0.0341. The Morgan fingerprint density at radius 3 is 2.50 bits per heavy atom. The van der Waals surface area contributed by atoms with Crippen molar-refractivity contribution in [3.63, 3.8) is 0 Å². The molecule has 32 heavy (non-hydrogen) atoms. The Hall–Kier alpha value is -1.65. The number of guanidine groups is 1. The minimum absolute atomic E-state index is 0. The highest BCUT2D eigenvalue weighted by atomic mass is 127. The highest BCUT2D eigenvalue weighted by Gasteiger charge is 2.14. The van der Waals surface area contributed by atoms with E-state index in [0.717, 1.165) is 69.6 Å². The van der Waals surface area contributed by atoms with Crippen molar-refractivity contribution in [2.75, 3.05) is 32.8 Å². The molecule has 1 saturated heterocycles. The largest absolute Gasteiger partial charge is 0.379 e. The van der Waals surface area contributed by atoms with Crippen LogP contribution in [0.3, 0.4) is 0 Å². The molecular weight excluding hydrogens is 517 g/mol. The number of aromatic nitrogens is 1. The second-order valence-electron chi connectivity index (χ2n) is 7.94. The molecule has 0 saturated carbocycles. The van der Waals surface area contributed by atoms with E-state index in [2.05, 4.69) is 71.8 Å². The van der Waals surface area contributed by atoms with E-state index in [-0.39, 0.29) is 24.0 Å². The Kier molecular flexibility index (Phi) is 12.0. The number of nitrogens with one attached hydrogen (secondary N) is 2. The molecule has 1 aliphatic heterocycles. The molecule has 0 atom stereocenters. The van der Waals surface area contributed by atoms with Gasteiger partial charge in [-0.2, -0.15) is 0 Å². The maximum absolute atomic E-state index is 5.53. The van der Waals surface area contributed by atoms with E-state index < -0.39 is 0 Å². The molecule has 2 heterocycles. The number of rotatable bonds is 10. The van der Waals surface area contributed by atoms with E-state index in [1.54, 1.807) is 0 Å². The van der Waals surface area contributed by atoms with Crippen LogP contribution in [0.25, 0.3) is 0 Å². The van der Waals surface area contributed by atoms with Crippen molar-refractivity contribution in [1.82, 2.24) is 20.7 Å². The molecule has 0 unspecified atom stereocenters. The first-order chi connectivity index (χ1) is 15.2. The normalized spacial score (nSPS) is 14.9. The first-order valence-corrected chi connectivity index (χ1v) is 11.6. The maximum Gasteiger partial charge on any atom is 0.191 e. The quantitative estimate of drug-likeness (QED) is 0.259. The van der Waals surface area contributed by atoms with Gasteiger partial charge < -0.3 is 19.9 Å². The van der Waals surface area contributed by atoms with Crippen LogP contribution in [-0.2, 0) is 24.4 Å². The van der Waals surface area contributed by atoms with Crippen molar-refractivity contribution in [2.45, 2.75) is 59.2 Å². The van der Waals surface area contributed by atoms with Gasteiger partial charge in [-0.15, -0.1) is 24.0 Å². The number of halogens is 1. The fourth-order valence-corrected chi connectivity index (χ4v) is 3.85. The van der Waals surface area contributed by atoms with Crippen LogP contribution in [0.2, 0.25) is 0 Å². The van der Waals surface area contributed by atoms with Crippen molar-refractivity contribution in [2.24, 2.45) is 4.99 Å². The highest BCUT2D eigenvalue weighted by molar-refractivity contribution is 14.0. The first-order valence-electron chi connectivity index (χ1n) is 11.6. The van der Waals surface area contributed by atoms with Crippen LogP contribution >= 0.6 is 24.0 Å². The summed E-state index contributed by atoms with van der Waals surface area (Å²) >= 11 is 0. The second-order valence-corrected chi connectivity index (χ2v) is 7.94. The SMILES string of the molecule is CCNC(=NCc1ccccc1CN1CCOCC1)NCc1cc(C(CC)CC)no1.I. The average Bonchev–Trinajstić information content (AvgIpc) is 3.27. The van der Waals surface area contributed by atoms with Crippen molar-refractivity contribution in [1.29, 1.82) is 0 Å². The lowest BCUT2D eigenvalue weighted by Gasteiger charge is -2.27.